The lowest BCUT2D eigenvalue weighted by Crippen LogP contribution is -2.38. The highest BCUT2D eigenvalue weighted by Gasteiger charge is 2.45. The monoisotopic (exact) mass is 246 g/mol. The molecule has 1 aliphatic rings. The van der Waals surface area contributed by atoms with Crippen molar-refractivity contribution in [3.8, 4) is 0 Å². The van der Waals surface area contributed by atoms with Crippen molar-refractivity contribution in [2.75, 3.05) is 13.1 Å². The third-order valence-corrected chi connectivity index (χ3v) is 3.45. The van der Waals surface area contributed by atoms with E-state index in [1.165, 1.54) is 4.72 Å². The molecule has 0 radical (unpaired) electrons. The Kier molecular flexibility index (Phi) is 3.96. The summed E-state index contributed by atoms with van der Waals surface area (Å²) in [6.07, 6.45) is 2.25. The highest BCUT2D eigenvalue weighted by atomic mass is 32.2. The van der Waals surface area contributed by atoms with Crippen LogP contribution in [0.5, 0.6) is 0 Å². The minimum absolute atomic E-state index is 0.126. The van der Waals surface area contributed by atoms with Gasteiger partial charge in [0.05, 0.1) is 0 Å². The van der Waals surface area contributed by atoms with Crippen molar-refractivity contribution in [2.24, 2.45) is 0 Å². The van der Waals surface area contributed by atoms with Gasteiger partial charge in [-0.05, 0) is 25.8 Å². The van der Waals surface area contributed by atoms with Gasteiger partial charge in [-0.3, -0.25) is 0 Å². The summed E-state index contributed by atoms with van der Waals surface area (Å²) in [5.74, 6) is 0. The Labute approximate surface area is 86.3 Å². The van der Waals surface area contributed by atoms with Crippen LogP contribution < -0.4 is 10.0 Å². The van der Waals surface area contributed by atoms with Gasteiger partial charge in [-0.25, -0.2) is 13.1 Å². The van der Waals surface area contributed by atoms with E-state index in [-0.39, 0.29) is 12.6 Å². The predicted octanol–water partition coefficient (Wildman–Crippen LogP) is 0.568. The first kappa shape index (κ1) is 12.7. The standard InChI is InChI=1S/C7H13F3N2O2S/c8-7(9,10)15(13,14)12-5-3-6-2-1-4-11-6/h6,11-12H,1-5H2/t6-/m0/s1. The molecule has 1 aliphatic heterocycles. The maximum absolute atomic E-state index is 11.9. The molecule has 1 rings (SSSR count). The van der Waals surface area contributed by atoms with Crippen LogP contribution in [0.3, 0.4) is 0 Å². The Morgan fingerprint density at radius 1 is 1.40 bits per heavy atom. The third-order valence-electron chi connectivity index (χ3n) is 2.25. The highest BCUT2D eigenvalue weighted by molar-refractivity contribution is 7.90. The summed E-state index contributed by atoms with van der Waals surface area (Å²) in [5.41, 5.74) is -5.21. The second-order valence-electron chi connectivity index (χ2n) is 3.43. The van der Waals surface area contributed by atoms with Crippen LogP contribution in [0.4, 0.5) is 13.2 Å². The lowest BCUT2D eigenvalue weighted by atomic mass is 10.2. The van der Waals surface area contributed by atoms with Crippen molar-refractivity contribution in [1.29, 1.82) is 0 Å². The Morgan fingerprint density at radius 2 is 2.07 bits per heavy atom. The molecule has 0 saturated carbocycles. The van der Waals surface area contributed by atoms with Crippen LogP contribution >= 0.6 is 0 Å². The minimum Gasteiger partial charge on any atom is -0.314 e. The summed E-state index contributed by atoms with van der Waals surface area (Å²) >= 11 is 0. The summed E-state index contributed by atoms with van der Waals surface area (Å²) in [4.78, 5) is 0. The number of alkyl halides is 3. The Balaban J connectivity index is 2.30. The summed E-state index contributed by atoms with van der Waals surface area (Å²) in [6.45, 7) is 0.663. The van der Waals surface area contributed by atoms with E-state index in [1.807, 2.05) is 0 Å². The van der Waals surface area contributed by atoms with Gasteiger partial charge in [0, 0.05) is 12.6 Å². The molecule has 0 aromatic rings. The van der Waals surface area contributed by atoms with Gasteiger partial charge in [0.2, 0.25) is 0 Å². The SMILES string of the molecule is O=S(=O)(NCC[C@@H]1CCCN1)C(F)(F)F. The summed E-state index contributed by atoms with van der Waals surface area (Å²) in [7, 11) is -5.17. The molecule has 15 heavy (non-hydrogen) atoms. The first-order valence-corrected chi connectivity index (χ1v) is 6.10. The topological polar surface area (TPSA) is 58.2 Å². The number of nitrogens with one attached hydrogen (secondary N) is 2. The van der Waals surface area contributed by atoms with Crippen molar-refractivity contribution >= 4 is 10.0 Å². The molecule has 0 bridgehead atoms. The van der Waals surface area contributed by atoms with Crippen LogP contribution in [0, 0.1) is 0 Å². The van der Waals surface area contributed by atoms with Crippen molar-refractivity contribution in [2.45, 2.75) is 30.8 Å². The van der Waals surface area contributed by atoms with Crippen LogP contribution in [-0.2, 0) is 10.0 Å². The van der Waals surface area contributed by atoms with Crippen LogP contribution in [0.15, 0.2) is 0 Å². The molecule has 0 amide bonds. The van der Waals surface area contributed by atoms with E-state index in [2.05, 4.69) is 5.32 Å². The average molecular weight is 246 g/mol. The van der Waals surface area contributed by atoms with Gasteiger partial charge in [0.1, 0.15) is 0 Å². The van der Waals surface area contributed by atoms with E-state index in [1.54, 1.807) is 0 Å². The Bertz CT molecular complexity index is 296. The molecule has 0 unspecified atom stereocenters. The fourth-order valence-electron chi connectivity index (χ4n) is 1.45. The van der Waals surface area contributed by atoms with Crippen LogP contribution in [0.1, 0.15) is 19.3 Å². The second-order valence-corrected chi connectivity index (χ2v) is 5.18. The normalized spacial score (nSPS) is 23.3. The van der Waals surface area contributed by atoms with E-state index in [0.29, 0.717) is 6.42 Å². The molecule has 0 aromatic carbocycles. The second kappa shape index (κ2) is 4.67. The van der Waals surface area contributed by atoms with Gasteiger partial charge < -0.3 is 5.32 Å². The molecule has 0 aromatic heterocycles. The van der Waals surface area contributed by atoms with Crippen molar-refractivity contribution in [3.05, 3.63) is 0 Å². The zero-order chi connectivity index (χ0) is 11.5. The fraction of sp³-hybridized carbons (Fsp3) is 1.00. The lowest BCUT2D eigenvalue weighted by Gasteiger charge is -2.12. The van der Waals surface area contributed by atoms with Gasteiger partial charge >= 0.3 is 15.5 Å². The van der Waals surface area contributed by atoms with E-state index >= 15 is 0 Å². The zero-order valence-electron chi connectivity index (χ0n) is 7.97. The number of rotatable bonds is 4. The first-order valence-electron chi connectivity index (χ1n) is 4.62. The van der Waals surface area contributed by atoms with E-state index < -0.39 is 15.5 Å². The van der Waals surface area contributed by atoms with Crippen molar-refractivity contribution in [3.63, 3.8) is 0 Å². The van der Waals surface area contributed by atoms with Gasteiger partial charge in [-0.1, -0.05) is 0 Å². The van der Waals surface area contributed by atoms with E-state index in [0.717, 1.165) is 19.4 Å². The molecule has 4 nitrogen and oxygen atoms in total. The Morgan fingerprint density at radius 3 is 2.53 bits per heavy atom. The van der Waals surface area contributed by atoms with Crippen molar-refractivity contribution < 1.29 is 21.6 Å². The van der Waals surface area contributed by atoms with Gasteiger partial charge in [-0.15, -0.1) is 0 Å². The molecule has 2 N–H and O–H groups in total. The zero-order valence-corrected chi connectivity index (χ0v) is 8.79. The quantitative estimate of drug-likeness (QED) is 0.762. The van der Waals surface area contributed by atoms with Crippen molar-refractivity contribution in [1.82, 2.24) is 10.0 Å². The third kappa shape index (κ3) is 3.62. The number of sulfonamides is 1. The van der Waals surface area contributed by atoms with Crippen LogP contribution in [0.25, 0.3) is 0 Å². The molecular formula is C7H13F3N2O2S. The maximum atomic E-state index is 11.9. The average Bonchev–Trinajstić information content (AvgIpc) is 2.54. The van der Waals surface area contributed by atoms with Crippen LogP contribution in [-0.4, -0.2) is 33.1 Å². The lowest BCUT2D eigenvalue weighted by molar-refractivity contribution is -0.0447. The molecule has 1 heterocycles. The summed E-state index contributed by atoms with van der Waals surface area (Å²) in [6, 6.07) is 0.126. The van der Waals surface area contributed by atoms with Gasteiger partial charge in [-0.2, -0.15) is 13.2 Å². The molecule has 1 fully saturated rings. The Hall–Kier alpha value is -0.340. The van der Waals surface area contributed by atoms with E-state index in [4.69, 9.17) is 0 Å². The van der Waals surface area contributed by atoms with Gasteiger partial charge in [0.15, 0.2) is 0 Å². The largest absolute Gasteiger partial charge is 0.511 e. The molecule has 1 atom stereocenters. The number of hydrogen-bond donors (Lipinski definition) is 2. The molecule has 0 spiro atoms. The summed E-state index contributed by atoms with van der Waals surface area (Å²) in [5, 5.41) is 3.07. The predicted molar refractivity (Wildman–Crippen MR) is 48.6 cm³/mol. The fourth-order valence-corrected chi connectivity index (χ4v) is 2.00. The van der Waals surface area contributed by atoms with Gasteiger partial charge in [0.25, 0.3) is 0 Å². The first-order chi connectivity index (χ1) is 6.83. The maximum Gasteiger partial charge on any atom is 0.511 e. The molecule has 0 aliphatic carbocycles. The highest BCUT2D eigenvalue weighted by Crippen LogP contribution is 2.21. The molecule has 8 heteroatoms. The van der Waals surface area contributed by atoms with E-state index in [9.17, 15) is 21.6 Å². The number of hydrogen-bond acceptors (Lipinski definition) is 3. The molecule has 90 valence electrons. The van der Waals surface area contributed by atoms with Crippen LogP contribution in [0.2, 0.25) is 0 Å². The minimum atomic E-state index is -5.21. The molecule has 1 saturated heterocycles. The molecular weight excluding hydrogens is 233 g/mol. The summed E-state index contributed by atoms with van der Waals surface area (Å²) < 4.78 is 58.3. The number of halogens is 3. The smallest absolute Gasteiger partial charge is 0.314 e.